The zero-order valence-electron chi connectivity index (χ0n) is 10.1. The van der Waals surface area contributed by atoms with Gasteiger partial charge >= 0.3 is 5.97 Å². The maximum Gasteiger partial charge on any atom is 0.328 e. The average molecular weight is 253 g/mol. The number of furan rings is 1. The van der Waals surface area contributed by atoms with Gasteiger partial charge in [-0.05, 0) is 12.1 Å². The van der Waals surface area contributed by atoms with Gasteiger partial charge < -0.3 is 19.2 Å². The monoisotopic (exact) mass is 253 g/mol. The van der Waals surface area contributed by atoms with Crippen molar-refractivity contribution in [2.75, 3.05) is 19.8 Å². The van der Waals surface area contributed by atoms with Crippen LogP contribution in [-0.2, 0) is 16.0 Å². The van der Waals surface area contributed by atoms with Gasteiger partial charge in [0.25, 0.3) is 5.91 Å². The fourth-order valence-corrected chi connectivity index (χ4v) is 1.88. The Labute approximate surface area is 104 Å². The first kappa shape index (κ1) is 12.6. The molecule has 6 heteroatoms. The molecule has 1 aromatic rings. The van der Waals surface area contributed by atoms with Gasteiger partial charge in [-0.25, -0.2) is 4.79 Å². The van der Waals surface area contributed by atoms with Crippen LogP contribution in [0.2, 0.25) is 0 Å². The fourth-order valence-electron chi connectivity index (χ4n) is 1.88. The summed E-state index contributed by atoms with van der Waals surface area (Å²) >= 11 is 0. The highest BCUT2D eigenvalue weighted by Crippen LogP contribution is 2.15. The summed E-state index contributed by atoms with van der Waals surface area (Å²) in [6, 6.07) is 2.36. The van der Waals surface area contributed by atoms with Gasteiger partial charge in [0.1, 0.15) is 5.76 Å². The number of aliphatic carboxylic acids is 1. The van der Waals surface area contributed by atoms with Crippen LogP contribution in [-0.4, -0.2) is 47.7 Å². The molecule has 98 valence electrons. The molecule has 18 heavy (non-hydrogen) atoms. The molecule has 1 saturated heterocycles. The van der Waals surface area contributed by atoms with Crippen molar-refractivity contribution in [2.24, 2.45) is 0 Å². The number of carbonyl (C=O) groups excluding carboxylic acids is 1. The van der Waals surface area contributed by atoms with Crippen LogP contribution in [0.1, 0.15) is 23.2 Å². The zero-order chi connectivity index (χ0) is 13.1. The molecule has 1 fully saturated rings. The summed E-state index contributed by atoms with van der Waals surface area (Å²) in [5, 5.41) is 9.05. The molecule has 1 aromatic heterocycles. The second kappa shape index (κ2) is 5.22. The molecular formula is C12H15NO5. The molecule has 1 aliphatic heterocycles. The van der Waals surface area contributed by atoms with Gasteiger partial charge in [-0.15, -0.1) is 0 Å². The number of amides is 1. The Morgan fingerprint density at radius 3 is 2.89 bits per heavy atom. The lowest BCUT2D eigenvalue weighted by Gasteiger charge is -2.32. The lowest BCUT2D eigenvalue weighted by atomic mass is 10.2. The minimum atomic E-state index is -1.06. The molecular weight excluding hydrogens is 238 g/mol. The number of morpholine rings is 1. The van der Waals surface area contributed by atoms with Gasteiger partial charge in [0.2, 0.25) is 0 Å². The molecule has 2 rings (SSSR count). The summed E-state index contributed by atoms with van der Waals surface area (Å²) in [7, 11) is 0. The number of rotatable bonds is 3. The van der Waals surface area contributed by atoms with Crippen molar-refractivity contribution in [2.45, 2.75) is 19.4 Å². The van der Waals surface area contributed by atoms with Gasteiger partial charge in [-0.2, -0.15) is 0 Å². The molecule has 6 nitrogen and oxygen atoms in total. The lowest BCUT2D eigenvalue weighted by molar-refractivity contribution is -0.147. The highest BCUT2D eigenvalue weighted by molar-refractivity contribution is 5.94. The number of aryl methyl sites for hydroxylation is 1. The van der Waals surface area contributed by atoms with Crippen LogP contribution in [0.5, 0.6) is 0 Å². The first-order chi connectivity index (χ1) is 8.63. The first-order valence-corrected chi connectivity index (χ1v) is 5.83. The van der Waals surface area contributed by atoms with Crippen molar-refractivity contribution in [3.8, 4) is 0 Å². The number of hydrogen-bond donors (Lipinski definition) is 1. The van der Waals surface area contributed by atoms with E-state index in [-0.39, 0.29) is 18.9 Å². The van der Waals surface area contributed by atoms with Crippen LogP contribution in [0.4, 0.5) is 0 Å². The van der Waals surface area contributed by atoms with Crippen molar-refractivity contribution in [1.82, 2.24) is 4.90 Å². The van der Waals surface area contributed by atoms with Crippen LogP contribution in [0, 0.1) is 0 Å². The Hall–Kier alpha value is -1.82. The third-order valence-corrected chi connectivity index (χ3v) is 2.90. The molecule has 0 saturated carbocycles. The van der Waals surface area contributed by atoms with Gasteiger partial charge in [-0.3, -0.25) is 4.79 Å². The van der Waals surface area contributed by atoms with Crippen LogP contribution in [0.3, 0.4) is 0 Å². The van der Waals surface area contributed by atoms with Crippen LogP contribution in [0.15, 0.2) is 16.5 Å². The number of carbonyl (C=O) groups is 2. The van der Waals surface area contributed by atoms with E-state index >= 15 is 0 Å². The topological polar surface area (TPSA) is 80.0 Å². The van der Waals surface area contributed by atoms with Crippen molar-refractivity contribution in [3.05, 3.63) is 23.7 Å². The SMILES string of the molecule is CCc1ccc(C(=O)N2CCOC[C@@H]2C(=O)O)o1. The molecule has 1 amide bonds. The molecule has 0 unspecified atom stereocenters. The molecule has 0 aliphatic carbocycles. The first-order valence-electron chi connectivity index (χ1n) is 5.83. The summed E-state index contributed by atoms with van der Waals surface area (Å²) in [6.45, 7) is 2.54. The van der Waals surface area contributed by atoms with E-state index in [1.54, 1.807) is 12.1 Å². The minimum absolute atomic E-state index is 0.0163. The zero-order valence-corrected chi connectivity index (χ0v) is 10.1. The van der Waals surface area contributed by atoms with E-state index in [0.29, 0.717) is 18.8 Å². The van der Waals surface area contributed by atoms with Gasteiger partial charge in [-0.1, -0.05) is 6.92 Å². The molecule has 1 atom stereocenters. The Balaban J connectivity index is 2.17. The van der Waals surface area contributed by atoms with Crippen molar-refractivity contribution in [1.29, 1.82) is 0 Å². The lowest BCUT2D eigenvalue weighted by Crippen LogP contribution is -2.52. The molecule has 0 aromatic carbocycles. The number of hydrogen-bond acceptors (Lipinski definition) is 4. The maximum atomic E-state index is 12.2. The largest absolute Gasteiger partial charge is 0.480 e. The van der Waals surface area contributed by atoms with Crippen molar-refractivity contribution >= 4 is 11.9 Å². The van der Waals surface area contributed by atoms with Crippen LogP contribution < -0.4 is 0 Å². The number of carboxylic acid groups (broad SMARTS) is 1. The Morgan fingerprint density at radius 2 is 2.28 bits per heavy atom. The van der Waals surface area contributed by atoms with Crippen LogP contribution >= 0.6 is 0 Å². The third-order valence-electron chi connectivity index (χ3n) is 2.90. The third kappa shape index (κ3) is 2.38. The number of nitrogens with zero attached hydrogens (tertiary/aromatic N) is 1. The van der Waals surface area contributed by atoms with Gasteiger partial charge in [0, 0.05) is 13.0 Å². The smallest absolute Gasteiger partial charge is 0.328 e. The number of ether oxygens (including phenoxy) is 1. The average Bonchev–Trinajstić information content (AvgIpc) is 2.86. The van der Waals surface area contributed by atoms with E-state index in [2.05, 4.69) is 0 Å². The normalized spacial score (nSPS) is 19.8. The number of carboxylic acids is 1. The van der Waals surface area contributed by atoms with E-state index in [9.17, 15) is 9.59 Å². The molecule has 0 bridgehead atoms. The summed E-state index contributed by atoms with van der Waals surface area (Å²) < 4.78 is 10.4. The predicted octanol–water partition coefficient (Wildman–Crippen LogP) is 0.768. The van der Waals surface area contributed by atoms with E-state index in [0.717, 1.165) is 0 Å². The highest BCUT2D eigenvalue weighted by atomic mass is 16.5. The molecule has 1 N–H and O–H groups in total. The summed E-state index contributed by atoms with van der Waals surface area (Å²) in [6.07, 6.45) is 0.693. The Morgan fingerprint density at radius 1 is 1.50 bits per heavy atom. The second-order valence-electron chi connectivity index (χ2n) is 4.05. The molecule has 2 heterocycles. The van der Waals surface area contributed by atoms with Crippen molar-refractivity contribution < 1.29 is 23.8 Å². The summed E-state index contributed by atoms with van der Waals surface area (Å²) in [5.41, 5.74) is 0. The molecule has 0 spiro atoms. The van der Waals surface area contributed by atoms with Gasteiger partial charge in [0.05, 0.1) is 13.2 Å². The standard InChI is InChI=1S/C12H15NO5/c1-2-8-3-4-10(18-8)11(14)13-5-6-17-7-9(13)12(15)16/h3-4,9H,2,5-7H2,1H3,(H,15,16)/t9-/m1/s1. The minimum Gasteiger partial charge on any atom is -0.480 e. The van der Waals surface area contributed by atoms with E-state index in [4.69, 9.17) is 14.3 Å². The van der Waals surface area contributed by atoms with E-state index < -0.39 is 17.9 Å². The van der Waals surface area contributed by atoms with E-state index in [1.165, 1.54) is 4.90 Å². The quantitative estimate of drug-likeness (QED) is 0.860. The molecule has 0 radical (unpaired) electrons. The molecule has 1 aliphatic rings. The summed E-state index contributed by atoms with van der Waals surface area (Å²) in [5.74, 6) is -0.575. The van der Waals surface area contributed by atoms with Crippen molar-refractivity contribution in [3.63, 3.8) is 0 Å². The van der Waals surface area contributed by atoms with Gasteiger partial charge in [0.15, 0.2) is 11.8 Å². The Bertz CT molecular complexity index is 453. The maximum absolute atomic E-state index is 12.2. The highest BCUT2D eigenvalue weighted by Gasteiger charge is 2.34. The second-order valence-corrected chi connectivity index (χ2v) is 4.05. The Kier molecular flexibility index (Phi) is 3.66. The fraction of sp³-hybridized carbons (Fsp3) is 0.500. The van der Waals surface area contributed by atoms with Crippen LogP contribution in [0.25, 0.3) is 0 Å². The summed E-state index contributed by atoms with van der Waals surface area (Å²) in [4.78, 5) is 24.5. The predicted molar refractivity (Wildman–Crippen MR) is 61.4 cm³/mol. The van der Waals surface area contributed by atoms with E-state index in [1.807, 2.05) is 6.92 Å².